The molecule has 0 saturated heterocycles. The number of carbonyl (C=O) groups excluding carboxylic acids is 2. The number of carbonyl (C=O) groups is 2. The summed E-state index contributed by atoms with van der Waals surface area (Å²) in [5.41, 5.74) is 0. The SMILES string of the molecule is CC/C=C\C/C=C\CC(O)/C=C/C=C\C/C=C\CCCC(=O)O[C@H](COC(=O)CCC/C=C\C/C=C\C/C=C\C/C=C\CCCCC)COP(=O)([O-])OCC[N+](C)(C)C. The second-order valence-corrected chi connectivity index (χ2v) is 16.6. The van der Waals surface area contributed by atoms with Gasteiger partial charge in [0.2, 0.25) is 0 Å². The van der Waals surface area contributed by atoms with Crippen molar-refractivity contribution in [2.75, 3.05) is 47.5 Å². The van der Waals surface area contributed by atoms with Gasteiger partial charge in [-0.15, -0.1) is 0 Å². The summed E-state index contributed by atoms with van der Waals surface area (Å²) in [6.07, 6.45) is 48.8. The van der Waals surface area contributed by atoms with E-state index in [-0.39, 0.29) is 26.1 Å². The minimum atomic E-state index is -4.68. The van der Waals surface area contributed by atoms with Gasteiger partial charge in [-0.1, -0.05) is 136 Å². The number of nitrogens with zero attached hydrogens (tertiary/aromatic N) is 1. The molecule has 0 radical (unpaired) electrons. The number of allylic oxidation sites excluding steroid dienone is 16. The van der Waals surface area contributed by atoms with Gasteiger partial charge >= 0.3 is 11.9 Å². The van der Waals surface area contributed by atoms with Crippen LogP contribution in [0.3, 0.4) is 0 Å². The van der Waals surface area contributed by atoms with E-state index in [1.807, 2.05) is 69.8 Å². The first kappa shape index (κ1) is 55.6. The van der Waals surface area contributed by atoms with Crippen LogP contribution >= 0.6 is 7.82 Å². The molecular weight excluding hydrogens is 766 g/mol. The quantitative estimate of drug-likeness (QED) is 0.0162. The number of quaternary nitrogens is 1. The van der Waals surface area contributed by atoms with Crippen LogP contribution in [0.1, 0.15) is 123 Å². The maximum absolute atomic E-state index is 12.7. The molecule has 1 N–H and O–H groups in total. The summed E-state index contributed by atoms with van der Waals surface area (Å²) in [5, 5.41) is 10.0. The number of phosphoric ester groups is 1. The molecule has 0 aromatic carbocycles. The molecule has 0 aliphatic rings. The number of likely N-dealkylation sites (N-methyl/N-ethyl adjacent to an activating group) is 1. The van der Waals surface area contributed by atoms with Gasteiger partial charge in [-0.3, -0.25) is 14.2 Å². The molecule has 0 spiro atoms. The molecule has 0 bridgehead atoms. The van der Waals surface area contributed by atoms with E-state index in [0.29, 0.717) is 49.6 Å². The van der Waals surface area contributed by atoms with E-state index >= 15 is 0 Å². The van der Waals surface area contributed by atoms with Gasteiger partial charge in [-0.25, -0.2) is 0 Å². The van der Waals surface area contributed by atoms with Crippen molar-refractivity contribution >= 4 is 19.8 Å². The largest absolute Gasteiger partial charge is 0.756 e. The predicted molar refractivity (Wildman–Crippen MR) is 241 cm³/mol. The Hall–Kier alpha value is -3.37. The maximum atomic E-state index is 12.7. The molecule has 334 valence electrons. The van der Waals surface area contributed by atoms with Crippen molar-refractivity contribution in [1.29, 1.82) is 0 Å². The van der Waals surface area contributed by atoms with Gasteiger partial charge in [-0.05, 0) is 83.5 Å². The highest BCUT2D eigenvalue weighted by atomic mass is 31.2. The average Bonchev–Trinajstić information content (AvgIpc) is 3.18. The Labute approximate surface area is 358 Å². The van der Waals surface area contributed by atoms with E-state index in [0.717, 1.165) is 38.5 Å². The standard InChI is InChI=1S/C48H78NO9P/c1-6-8-10-12-14-15-16-17-18-19-20-21-22-23-27-31-35-39-47(51)55-43-46(44-57-59(53,54)56-42-41-49(3,4)5)58-48(52)40-36-32-28-25-24-26-30-34-38-45(50)37-33-29-13-11-9-7-2/h9,11,14-15,17-18,20-21,23,25-30,33-34,38,45-46,50H,6-8,10,12-13,16,19,22,24,31-32,35-37,39-44H2,1-5H3/b11-9-,15-14-,18-17-,21-20-,27-23-,28-25-,30-26-,33-29-,38-34+/t45?,46-/m1/s1. The summed E-state index contributed by atoms with van der Waals surface area (Å²) in [7, 11) is 1.04. The number of aliphatic hydroxyl groups excluding tert-OH is 1. The molecule has 11 heteroatoms. The first-order valence-corrected chi connectivity index (χ1v) is 23.2. The Morgan fingerprint density at radius 1 is 0.644 bits per heavy atom. The lowest BCUT2D eigenvalue weighted by atomic mass is 10.2. The zero-order chi connectivity index (χ0) is 43.7. The molecule has 0 fully saturated rings. The summed E-state index contributed by atoms with van der Waals surface area (Å²) < 4.78 is 33.7. The van der Waals surface area contributed by atoms with Gasteiger partial charge in [0.15, 0.2) is 6.10 Å². The fourth-order valence-corrected chi connectivity index (χ4v) is 5.67. The molecule has 0 aliphatic carbocycles. The smallest absolute Gasteiger partial charge is 0.306 e. The van der Waals surface area contributed by atoms with Crippen molar-refractivity contribution in [3.05, 3.63) is 109 Å². The molecule has 0 aromatic rings. The van der Waals surface area contributed by atoms with Gasteiger partial charge in [0.25, 0.3) is 7.82 Å². The van der Waals surface area contributed by atoms with E-state index in [2.05, 4.69) is 68.5 Å². The van der Waals surface area contributed by atoms with Crippen LogP contribution in [-0.2, 0) is 32.7 Å². The molecule has 2 unspecified atom stereocenters. The Morgan fingerprint density at radius 2 is 1.17 bits per heavy atom. The zero-order valence-corrected chi connectivity index (χ0v) is 37.9. The van der Waals surface area contributed by atoms with Crippen molar-refractivity contribution in [2.45, 2.75) is 135 Å². The van der Waals surface area contributed by atoms with Crippen LogP contribution in [0, 0.1) is 0 Å². The van der Waals surface area contributed by atoms with Crippen LogP contribution in [0.5, 0.6) is 0 Å². The highest BCUT2D eigenvalue weighted by Gasteiger charge is 2.21. The van der Waals surface area contributed by atoms with E-state index in [4.69, 9.17) is 18.5 Å². The predicted octanol–water partition coefficient (Wildman–Crippen LogP) is 10.7. The molecule has 0 amide bonds. The number of phosphoric acid groups is 1. The molecule has 0 aromatic heterocycles. The number of rotatable bonds is 37. The molecule has 3 atom stereocenters. The van der Waals surface area contributed by atoms with E-state index < -0.39 is 38.6 Å². The van der Waals surface area contributed by atoms with Crippen molar-refractivity contribution < 1.29 is 47.2 Å². The lowest BCUT2D eigenvalue weighted by Crippen LogP contribution is -2.37. The summed E-state index contributed by atoms with van der Waals surface area (Å²) in [6, 6.07) is 0. The molecular formula is C48H78NO9P. The summed E-state index contributed by atoms with van der Waals surface area (Å²) in [5.74, 6) is -1.02. The third kappa shape index (κ3) is 42.6. The molecule has 0 rings (SSSR count). The minimum Gasteiger partial charge on any atom is -0.756 e. The third-order valence-corrected chi connectivity index (χ3v) is 9.32. The monoisotopic (exact) mass is 844 g/mol. The first-order valence-electron chi connectivity index (χ1n) is 21.7. The van der Waals surface area contributed by atoms with Crippen LogP contribution in [0.15, 0.2) is 109 Å². The summed E-state index contributed by atoms with van der Waals surface area (Å²) >= 11 is 0. The van der Waals surface area contributed by atoms with Gasteiger partial charge in [0.05, 0.1) is 33.9 Å². The normalized spacial score (nSPS) is 15.2. The number of ether oxygens (including phenoxy) is 2. The Morgan fingerprint density at radius 3 is 1.75 bits per heavy atom. The van der Waals surface area contributed by atoms with Crippen LogP contribution in [0.25, 0.3) is 0 Å². The zero-order valence-electron chi connectivity index (χ0n) is 37.0. The minimum absolute atomic E-state index is 0.0677. The highest BCUT2D eigenvalue weighted by Crippen LogP contribution is 2.38. The summed E-state index contributed by atoms with van der Waals surface area (Å²) in [4.78, 5) is 37.5. The van der Waals surface area contributed by atoms with Crippen molar-refractivity contribution in [3.63, 3.8) is 0 Å². The van der Waals surface area contributed by atoms with Crippen molar-refractivity contribution in [2.24, 2.45) is 0 Å². The second-order valence-electron chi connectivity index (χ2n) is 15.2. The van der Waals surface area contributed by atoms with Gasteiger partial charge in [0, 0.05) is 12.8 Å². The van der Waals surface area contributed by atoms with Crippen molar-refractivity contribution in [3.8, 4) is 0 Å². The lowest BCUT2D eigenvalue weighted by Gasteiger charge is -2.28. The highest BCUT2D eigenvalue weighted by molar-refractivity contribution is 7.45. The maximum Gasteiger partial charge on any atom is 0.306 e. The molecule has 0 heterocycles. The van der Waals surface area contributed by atoms with Gasteiger partial charge < -0.3 is 33.0 Å². The first-order chi connectivity index (χ1) is 28.4. The van der Waals surface area contributed by atoms with Crippen molar-refractivity contribution in [1.82, 2.24) is 0 Å². The Balaban J connectivity index is 4.65. The lowest BCUT2D eigenvalue weighted by molar-refractivity contribution is -0.870. The third-order valence-electron chi connectivity index (χ3n) is 8.36. The number of hydrogen-bond donors (Lipinski definition) is 1. The van der Waals surface area contributed by atoms with Crippen LogP contribution < -0.4 is 4.89 Å². The Kier molecular flexibility index (Phi) is 36.6. The van der Waals surface area contributed by atoms with Gasteiger partial charge in [0.1, 0.15) is 19.8 Å². The number of unbranched alkanes of at least 4 members (excludes halogenated alkanes) is 5. The Bertz CT molecular complexity index is 1380. The van der Waals surface area contributed by atoms with Crippen LogP contribution in [0.2, 0.25) is 0 Å². The molecule has 0 saturated carbocycles. The van der Waals surface area contributed by atoms with Crippen LogP contribution in [0.4, 0.5) is 0 Å². The number of aliphatic hydroxyl groups is 1. The fourth-order valence-electron chi connectivity index (χ4n) is 4.94. The molecule has 59 heavy (non-hydrogen) atoms. The topological polar surface area (TPSA) is 131 Å². The fraction of sp³-hybridized carbons (Fsp3) is 0.583. The molecule has 0 aliphatic heterocycles. The second kappa shape index (κ2) is 38.8. The average molecular weight is 844 g/mol. The van der Waals surface area contributed by atoms with Crippen LogP contribution in [-0.4, -0.2) is 81.2 Å². The van der Waals surface area contributed by atoms with E-state index in [1.54, 1.807) is 6.08 Å². The molecule has 10 nitrogen and oxygen atoms in total. The summed E-state index contributed by atoms with van der Waals surface area (Å²) in [6.45, 7) is 3.82. The number of hydrogen-bond acceptors (Lipinski definition) is 9. The van der Waals surface area contributed by atoms with Gasteiger partial charge in [-0.2, -0.15) is 0 Å². The van der Waals surface area contributed by atoms with E-state index in [9.17, 15) is 24.2 Å². The number of esters is 2. The van der Waals surface area contributed by atoms with E-state index in [1.165, 1.54) is 19.3 Å².